The van der Waals surface area contributed by atoms with Gasteiger partial charge in [-0.3, -0.25) is 0 Å². The SMILES string of the molecule is c1ccc(-c2c3ccccc3nc3c2ccc2ccc(-c4ccc5cc6cc(-c7ccc8cc(-c9ccc%10ccccc%10c9)ccc8c7)ccc6cc5c4)nc23)cc1. The van der Waals surface area contributed by atoms with Gasteiger partial charge in [0, 0.05) is 27.3 Å². The Morgan fingerprint density at radius 1 is 0.241 bits per heavy atom. The van der Waals surface area contributed by atoms with Crippen LogP contribution in [0.5, 0.6) is 0 Å². The van der Waals surface area contributed by atoms with E-state index in [0.717, 1.165) is 44.0 Å². The molecule has 12 rings (SSSR count). The Labute approximate surface area is 335 Å². The summed E-state index contributed by atoms with van der Waals surface area (Å²) in [5.41, 5.74) is 12.1. The average Bonchev–Trinajstić information content (AvgIpc) is 3.29. The van der Waals surface area contributed by atoms with Crippen LogP contribution in [0.15, 0.2) is 206 Å². The lowest BCUT2D eigenvalue weighted by molar-refractivity contribution is 1.40. The normalized spacial score (nSPS) is 11.8. The summed E-state index contributed by atoms with van der Waals surface area (Å²) in [6.45, 7) is 0. The van der Waals surface area contributed by atoms with Gasteiger partial charge < -0.3 is 0 Å². The maximum absolute atomic E-state index is 5.32. The molecule has 0 bridgehead atoms. The van der Waals surface area contributed by atoms with Crippen molar-refractivity contribution in [3.05, 3.63) is 206 Å². The molecule has 0 aliphatic heterocycles. The van der Waals surface area contributed by atoms with Crippen molar-refractivity contribution >= 4 is 75.8 Å². The monoisotopic (exact) mass is 734 g/mol. The first-order valence-corrected chi connectivity index (χ1v) is 19.9. The summed E-state index contributed by atoms with van der Waals surface area (Å²) in [6.07, 6.45) is 0. The molecule has 0 amide bonds. The van der Waals surface area contributed by atoms with Gasteiger partial charge in [-0.2, -0.15) is 0 Å². The van der Waals surface area contributed by atoms with E-state index in [0.29, 0.717) is 0 Å². The van der Waals surface area contributed by atoms with Gasteiger partial charge in [-0.15, -0.1) is 0 Å². The number of benzene rings is 10. The topological polar surface area (TPSA) is 25.8 Å². The van der Waals surface area contributed by atoms with E-state index in [1.165, 1.54) is 76.5 Å². The van der Waals surface area contributed by atoms with Gasteiger partial charge in [0.1, 0.15) is 0 Å². The van der Waals surface area contributed by atoms with Crippen molar-refractivity contribution < 1.29 is 0 Å². The Balaban J connectivity index is 0.894. The fraction of sp³-hybridized carbons (Fsp3) is 0. The molecule has 0 fully saturated rings. The standard InChI is InChI=1S/C56H34N2/c1-2-9-36(10-3-1)54-50-12-6-7-13-53(50)58-56-51(54)26-24-37-25-27-52(57-55(37)56)47-23-22-46-32-48-31-44(20-21-45(48)33-49(46)34-47)43-19-18-41-29-40(16-17-42(41)30-43)39-15-14-35-8-4-5-11-38(35)28-39/h1-34H. The van der Waals surface area contributed by atoms with Gasteiger partial charge in [0.25, 0.3) is 0 Å². The summed E-state index contributed by atoms with van der Waals surface area (Å²) >= 11 is 0. The molecule has 0 aliphatic carbocycles. The zero-order valence-corrected chi connectivity index (χ0v) is 31.5. The fourth-order valence-corrected chi connectivity index (χ4v) is 8.92. The van der Waals surface area contributed by atoms with E-state index in [1.54, 1.807) is 0 Å². The largest absolute Gasteiger partial charge is 0.245 e. The summed E-state index contributed by atoms with van der Waals surface area (Å²) in [6, 6.07) is 74.8. The van der Waals surface area contributed by atoms with Gasteiger partial charge in [-0.05, 0) is 126 Å². The second-order valence-electron chi connectivity index (χ2n) is 15.4. The number of fused-ring (bicyclic) bond motifs is 8. The summed E-state index contributed by atoms with van der Waals surface area (Å²) in [5, 5.41) is 13.2. The van der Waals surface area contributed by atoms with Gasteiger partial charge >= 0.3 is 0 Å². The third-order valence-electron chi connectivity index (χ3n) is 11.9. The quantitative estimate of drug-likeness (QED) is 0.133. The minimum absolute atomic E-state index is 0.920. The molecular formula is C56H34N2. The molecule has 0 spiro atoms. The second kappa shape index (κ2) is 12.9. The molecule has 0 atom stereocenters. The van der Waals surface area contributed by atoms with Crippen molar-refractivity contribution in [2.75, 3.05) is 0 Å². The molecule has 0 saturated carbocycles. The first kappa shape index (κ1) is 32.6. The molecule has 2 nitrogen and oxygen atoms in total. The summed E-state index contributed by atoms with van der Waals surface area (Å²) < 4.78 is 0. The predicted octanol–water partition coefficient (Wildman–Crippen LogP) is 15.2. The second-order valence-corrected chi connectivity index (χ2v) is 15.4. The highest BCUT2D eigenvalue weighted by Gasteiger charge is 2.15. The Morgan fingerprint density at radius 2 is 0.724 bits per heavy atom. The molecule has 0 saturated heterocycles. The minimum atomic E-state index is 0.920. The van der Waals surface area contributed by atoms with Crippen molar-refractivity contribution in [1.82, 2.24) is 9.97 Å². The molecule has 2 aromatic heterocycles. The van der Waals surface area contributed by atoms with Crippen LogP contribution in [0.4, 0.5) is 0 Å². The van der Waals surface area contributed by atoms with E-state index in [2.05, 4.69) is 206 Å². The number of aromatic nitrogens is 2. The average molecular weight is 735 g/mol. The lowest BCUT2D eigenvalue weighted by Crippen LogP contribution is -1.93. The molecule has 268 valence electrons. The van der Waals surface area contributed by atoms with E-state index < -0.39 is 0 Å². The van der Waals surface area contributed by atoms with Crippen molar-refractivity contribution in [3.8, 4) is 44.6 Å². The van der Waals surface area contributed by atoms with Crippen molar-refractivity contribution in [2.24, 2.45) is 0 Å². The van der Waals surface area contributed by atoms with Crippen LogP contribution in [-0.4, -0.2) is 9.97 Å². The van der Waals surface area contributed by atoms with Gasteiger partial charge in [0.2, 0.25) is 0 Å². The highest BCUT2D eigenvalue weighted by atomic mass is 14.8. The van der Waals surface area contributed by atoms with Crippen molar-refractivity contribution in [1.29, 1.82) is 0 Å². The zero-order valence-electron chi connectivity index (χ0n) is 31.5. The minimum Gasteiger partial charge on any atom is -0.245 e. The van der Waals surface area contributed by atoms with Crippen molar-refractivity contribution in [2.45, 2.75) is 0 Å². The van der Waals surface area contributed by atoms with Crippen LogP contribution in [0.25, 0.3) is 120 Å². The molecule has 0 radical (unpaired) electrons. The third kappa shape index (κ3) is 5.42. The van der Waals surface area contributed by atoms with E-state index >= 15 is 0 Å². The predicted molar refractivity (Wildman–Crippen MR) is 246 cm³/mol. The molecule has 58 heavy (non-hydrogen) atoms. The van der Waals surface area contributed by atoms with Gasteiger partial charge in [-0.1, -0.05) is 152 Å². The van der Waals surface area contributed by atoms with Crippen LogP contribution in [0.1, 0.15) is 0 Å². The van der Waals surface area contributed by atoms with Crippen LogP contribution < -0.4 is 0 Å². The summed E-state index contributed by atoms with van der Waals surface area (Å²) in [4.78, 5) is 10.5. The van der Waals surface area contributed by atoms with Gasteiger partial charge in [0.15, 0.2) is 0 Å². The number of para-hydroxylation sites is 1. The summed E-state index contributed by atoms with van der Waals surface area (Å²) in [7, 11) is 0. The maximum atomic E-state index is 5.32. The van der Waals surface area contributed by atoms with Crippen LogP contribution in [-0.2, 0) is 0 Å². The highest BCUT2D eigenvalue weighted by Crippen LogP contribution is 2.38. The maximum Gasteiger partial charge on any atom is 0.0978 e. The molecule has 2 heteroatoms. The number of hydrogen-bond donors (Lipinski definition) is 0. The molecule has 12 aromatic rings. The van der Waals surface area contributed by atoms with Crippen molar-refractivity contribution in [3.63, 3.8) is 0 Å². The highest BCUT2D eigenvalue weighted by molar-refractivity contribution is 6.16. The molecule has 0 N–H and O–H groups in total. The molecule has 0 unspecified atom stereocenters. The first-order chi connectivity index (χ1) is 28.7. The lowest BCUT2D eigenvalue weighted by Gasteiger charge is -2.13. The first-order valence-electron chi connectivity index (χ1n) is 19.9. The van der Waals surface area contributed by atoms with Crippen LogP contribution >= 0.6 is 0 Å². The number of nitrogens with zero attached hydrogens (tertiary/aromatic N) is 2. The van der Waals surface area contributed by atoms with E-state index in [9.17, 15) is 0 Å². The van der Waals surface area contributed by atoms with Crippen LogP contribution in [0, 0.1) is 0 Å². The molecular weight excluding hydrogens is 701 g/mol. The smallest absolute Gasteiger partial charge is 0.0978 e. The summed E-state index contributed by atoms with van der Waals surface area (Å²) in [5.74, 6) is 0. The Morgan fingerprint density at radius 3 is 1.41 bits per heavy atom. The lowest BCUT2D eigenvalue weighted by atomic mass is 9.94. The zero-order chi connectivity index (χ0) is 38.2. The number of hydrogen-bond acceptors (Lipinski definition) is 2. The third-order valence-corrected chi connectivity index (χ3v) is 11.9. The van der Waals surface area contributed by atoms with E-state index in [1.807, 2.05) is 0 Å². The Bertz CT molecular complexity index is 3620. The van der Waals surface area contributed by atoms with Gasteiger partial charge in [0.05, 0.1) is 22.2 Å². The van der Waals surface area contributed by atoms with E-state index in [-0.39, 0.29) is 0 Å². The molecule has 2 heterocycles. The fourth-order valence-electron chi connectivity index (χ4n) is 8.92. The molecule has 10 aromatic carbocycles. The van der Waals surface area contributed by atoms with Gasteiger partial charge in [-0.25, -0.2) is 9.97 Å². The Hall–Kier alpha value is -7.68. The van der Waals surface area contributed by atoms with E-state index in [4.69, 9.17) is 9.97 Å². The number of rotatable bonds is 4. The Kier molecular flexibility index (Phi) is 7.26. The van der Waals surface area contributed by atoms with Crippen LogP contribution in [0.2, 0.25) is 0 Å². The molecule has 0 aliphatic rings. The van der Waals surface area contributed by atoms with Crippen LogP contribution in [0.3, 0.4) is 0 Å². The number of pyridine rings is 2.